The number of hydrogen-bond acceptors (Lipinski definition) is 6. The van der Waals surface area contributed by atoms with Crippen LogP contribution in [-0.2, 0) is 19.1 Å². The lowest BCUT2D eigenvalue weighted by molar-refractivity contribution is -0.143. The SMILES string of the molecule is CC(C)[C@@H]1COC(=O)N1C(=O)[C@H](C)[C@@H]1OC(=CCCCCCO)C=CC1=O. The third-order valence-corrected chi connectivity index (χ3v) is 4.92. The lowest BCUT2D eigenvalue weighted by Crippen LogP contribution is -2.48. The first-order valence-corrected chi connectivity index (χ1v) is 9.56. The van der Waals surface area contributed by atoms with Gasteiger partial charge in [-0.2, -0.15) is 0 Å². The highest BCUT2D eigenvalue weighted by atomic mass is 16.6. The number of nitrogens with zero attached hydrogens (tertiary/aromatic N) is 1. The molecule has 1 N–H and O–H groups in total. The molecule has 1 saturated heterocycles. The predicted molar refractivity (Wildman–Crippen MR) is 98.6 cm³/mol. The molecule has 7 heteroatoms. The first-order chi connectivity index (χ1) is 12.9. The van der Waals surface area contributed by atoms with Gasteiger partial charge in [0.1, 0.15) is 12.4 Å². The number of cyclic esters (lactones) is 1. The maximum absolute atomic E-state index is 12.9. The summed E-state index contributed by atoms with van der Waals surface area (Å²) in [5.74, 6) is -0.932. The van der Waals surface area contributed by atoms with E-state index in [0.717, 1.165) is 30.6 Å². The molecule has 150 valence electrons. The van der Waals surface area contributed by atoms with Crippen molar-refractivity contribution in [1.29, 1.82) is 0 Å². The standard InChI is InChI=1S/C20H29NO6/c1-13(2)16-12-26-20(25)21(16)19(24)14(3)18-17(23)10-9-15(27-18)8-6-4-5-7-11-22/h8-10,13-14,16,18,22H,4-7,11-12H2,1-3H3/t14-,16+,18+/m1/s1. The molecule has 0 aromatic heterocycles. The van der Waals surface area contributed by atoms with Crippen LogP contribution in [0.1, 0.15) is 46.5 Å². The highest BCUT2D eigenvalue weighted by Crippen LogP contribution is 2.26. The molecular formula is C20H29NO6. The Balaban J connectivity index is 2.04. The summed E-state index contributed by atoms with van der Waals surface area (Å²) in [6.07, 6.45) is 6.62. The fourth-order valence-electron chi connectivity index (χ4n) is 3.17. The fourth-order valence-corrected chi connectivity index (χ4v) is 3.17. The number of rotatable bonds is 8. The zero-order valence-electron chi connectivity index (χ0n) is 16.2. The van der Waals surface area contributed by atoms with E-state index in [1.54, 1.807) is 13.0 Å². The Bertz CT molecular complexity index is 624. The van der Waals surface area contributed by atoms with E-state index >= 15 is 0 Å². The summed E-state index contributed by atoms with van der Waals surface area (Å²) in [7, 11) is 0. The Labute approximate surface area is 160 Å². The van der Waals surface area contributed by atoms with Gasteiger partial charge in [-0.25, -0.2) is 9.69 Å². The summed E-state index contributed by atoms with van der Waals surface area (Å²) in [6.45, 7) is 5.79. The molecule has 0 aromatic rings. The number of imide groups is 1. The van der Waals surface area contributed by atoms with Gasteiger partial charge in [-0.3, -0.25) is 9.59 Å². The third kappa shape index (κ3) is 5.19. The minimum absolute atomic E-state index is 0.0600. The maximum atomic E-state index is 12.9. The van der Waals surface area contributed by atoms with E-state index in [1.807, 2.05) is 19.9 Å². The molecule has 1 fully saturated rings. The Hall–Kier alpha value is -2.15. The molecule has 2 amide bonds. The van der Waals surface area contributed by atoms with Crippen LogP contribution in [0, 0.1) is 11.8 Å². The summed E-state index contributed by atoms with van der Waals surface area (Å²) in [5, 5.41) is 8.80. The van der Waals surface area contributed by atoms with Gasteiger partial charge < -0.3 is 14.6 Å². The minimum atomic E-state index is -0.951. The summed E-state index contributed by atoms with van der Waals surface area (Å²) < 4.78 is 10.8. The molecule has 2 rings (SSSR count). The molecule has 0 bridgehead atoms. The van der Waals surface area contributed by atoms with Crippen molar-refractivity contribution < 1.29 is 29.0 Å². The molecular weight excluding hydrogens is 350 g/mol. The molecule has 0 unspecified atom stereocenters. The zero-order valence-corrected chi connectivity index (χ0v) is 16.2. The summed E-state index contributed by atoms with van der Waals surface area (Å²) in [6, 6.07) is -0.330. The average Bonchev–Trinajstić information content (AvgIpc) is 3.03. The van der Waals surface area contributed by atoms with Gasteiger partial charge in [0.2, 0.25) is 5.91 Å². The van der Waals surface area contributed by atoms with Crippen LogP contribution in [0.5, 0.6) is 0 Å². The summed E-state index contributed by atoms with van der Waals surface area (Å²) in [5.41, 5.74) is 0. The Morgan fingerprint density at radius 3 is 2.67 bits per heavy atom. The zero-order chi connectivity index (χ0) is 20.0. The Morgan fingerprint density at radius 1 is 1.26 bits per heavy atom. The van der Waals surface area contributed by atoms with E-state index in [1.165, 1.54) is 6.08 Å². The van der Waals surface area contributed by atoms with Crippen molar-refractivity contribution >= 4 is 17.8 Å². The molecule has 2 heterocycles. The number of hydrogen-bond donors (Lipinski definition) is 1. The molecule has 7 nitrogen and oxygen atoms in total. The van der Waals surface area contributed by atoms with Crippen molar-refractivity contribution in [3.05, 3.63) is 24.0 Å². The lowest BCUT2D eigenvalue weighted by Gasteiger charge is -2.30. The second kappa shape index (κ2) is 9.69. The normalized spacial score (nSPS) is 25.1. The molecule has 3 atom stereocenters. The van der Waals surface area contributed by atoms with E-state index in [4.69, 9.17) is 14.6 Å². The van der Waals surface area contributed by atoms with Gasteiger partial charge in [0.15, 0.2) is 11.9 Å². The van der Waals surface area contributed by atoms with E-state index < -0.39 is 24.0 Å². The van der Waals surface area contributed by atoms with Crippen LogP contribution in [0.4, 0.5) is 4.79 Å². The van der Waals surface area contributed by atoms with Crippen molar-refractivity contribution in [2.45, 2.75) is 58.6 Å². The molecule has 0 spiro atoms. The van der Waals surface area contributed by atoms with Gasteiger partial charge >= 0.3 is 6.09 Å². The highest BCUT2D eigenvalue weighted by molar-refractivity contribution is 6.01. The van der Waals surface area contributed by atoms with Crippen LogP contribution in [0.3, 0.4) is 0 Å². The van der Waals surface area contributed by atoms with Crippen molar-refractivity contribution in [2.75, 3.05) is 13.2 Å². The van der Waals surface area contributed by atoms with Gasteiger partial charge in [0.25, 0.3) is 0 Å². The fraction of sp³-hybridized carbons (Fsp3) is 0.650. The topological polar surface area (TPSA) is 93.1 Å². The van der Waals surface area contributed by atoms with Gasteiger partial charge in [-0.15, -0.1) is 0 Å². The number of amides is 2. The van der Waals surface area contributed by atoms with Crippen molar-refractivity contribution in [2.24, 2.45) is 11.8 Å². The lowest BCUT2D eigenvalue weighted by atomic mass is 9.95. The monoisotopic (exact) mass is 379 g/mol. The van der Waals surface area contributed by atoms with Gasteiger partial charge in [0.05, 0.1) is 12.0 Å². The molecule has 0 aromatic carbocycles. The van der Waals surface area contributed by atoms with Crippen LogP contribution >= 0.6 is 0 Å². The van der Waals surface area contributed by atoms with Gasteiger partial charge in [-0.05, 0) is 50.3 Å². The van der Waals surface area contributed by atoms with E-state index in [-0.39, 0.29) is 31.0 Å². The Morgan fingerprint density at radius 2 is 2.00 bits per heavy atom. The third-order valence-electron chi connectivity index (χ3n) is 4.92. The first kappa shape index (κ1) is 21.2. The summed E-state index contributed by atoms with van der Waals surface area (Å²) >= 11 is 0. The van der Waals surface area contributed by atoms with Crippen LogP contribution < -0.4 is 0 Å². The van der Waals surface area contributed by atoms with Crippen LogP contribution in [0.2, 0.25) is 0 Å². The Kier molecular flexibility index (Phi) is 7.59. The van der Waals surface area contributed by atoms with Crippen LogP contribution in [0.15, 0.2) is 24.0 Å². The smallest absolute Gasteiger partial charge is 0.416 e. The molecule has 2 aliphatic heterocycles. The number of ether oxygens (including phenoxy) is 2. The van der Waals surface area contributed by atoms with E-state index in [0.29, 0.717) is 5.76 Å². The van der Waals surface area contributed by atoms with Crippen molar-refractivity contribution in [3.8, 4) is 0 Å². The number of allylic oxidation sites excluding steroid dienone is 2. The number of carbonyl (C=O) groups is 3. The number of ketones is 1. The van der Waals surface area contributed by atoms with Crippen molar-refractivity contribution in [3.63, 3.8) is 0 Å². The maximum Gasteiger partial charge on any atom is 0.416 e. The molecule has 0 radical (unpaired) electrons. The van der Waals surface area contributed by atoms with Crippen LogP contribution in [0.25, 0.3) is 0 Å². The second-order valence-electron chi connectivity index (χ2n) is 7.34. The summed E-state index contributed by atoms with van der Waals surface area (Å²) in [4.78, 5) is 38.3. The predicted octanol–water partition coefficient (Wildman–Crippen LogP) is 2.59. The van der Waals surface area contributed by atoms with Gasteiger partial charge in [-0.1, -0.05) is 20.3 Å². The minimum Gasteiger partial charge on any atom is -0.482 e. The first-order valence-electron chi connectivity index (χ1n) is 9.56. The number of aliphatic hydroxyl groups is 1. The second-order valence-corrected chi connectivity index (χ2v) is 7.34. The molecule has 2 aliphatic rings. The number of aliphatic hydroxyl groups excluding tert-OH is 1. The van der Waals surface area contributed by atoms with E-state index in [9.17, 15) is 14.4 Å². The van der Waals surface area contributed by atoms with Crippen LogP contribution in [-0.4, -0.2) is 53.1 Å². The van der Waals surface area contributed by atoms with Crippen molar-refractivity contribution in [1.82, 2.24) is 4.90 Å². The molecule has 0 saturated carbocycles. The largest absolute Gasteiger partial charge is 0.482 e. The number of carbonyl (C=O) groups excluding carboxylic acids is 3. The van der Waals surface area contributed by atoms with Gasteiger partial charge in [0, 0.05) is 6.61 Å². The average molecular weight is 379 g/mol. The number of unbranched alkanes of at least 4 members (excludes halogenated alkanes) is 3. The van der Waals surface area contributed by atoms with E-state index in [2.05, 4.69) is 0 Å². The quantitative estimate of drug-likeness (QED) is 0.652. The highest BCUT2D eigenvalue weighted by Gasteiger charge is 2.44. The molecule has 0 aliphatic carbocycles. The molecule has 27 heavy (non-hydrogen) atoms.